The summed E-state index contributed by atoms with van der Waals surface area (Å²) in [6.45, 7) is 0.105. The molecule has 2 aromatic rings. The van der Waals surface area contributed by atoms with Crippen LogP contribution in [0.2, 0.25) is 0 Å². The number of nitro groups is 1. The van der Waals surface area contributed by atoms with Gasteiger partial charge in [0.05, 0.1) is 34.7 Å². The van der Waals surface area contributed by atoms with Crippen molar-refractivity contribution in [3.05, 3.63) is 81.0 Å². The summed E-state index contributed by atoms with van der Waals surface area (Å²) < 4.78 is 0. The molecule has 10 nitrogen and oxygen atoms in total. The lowest BCUT2D eigenvalue weighted by atomic mass is 9.95. The van der Waals surface area contributed by atoms with E-state index in [2.05, 4.69) is 5.32 Å². The highest BCUT2D eigenvalue weighted by Crippen LogP contribution is 2.38. The van der Waals surface area contributed by atoms with Crippen LogP contribution in [0.25, 0.3) is 0 Å². The smallest absolute Gasteiger partial charge is 0.322 e. The van der Waals surface area contributed by atoms with Crippen LogP contribution in [0, 0.1) is 10.1 Å². The van der Waals surface area contributed by atoms with Crippen LogP contribution in [0.5, 0.6) is 0 Å². The number of non-ortho nitro benzene ring substituents is 1. The predicted molar refractivity (Wildman–Crippen MR) is 102 cm³/mol. The van der Waals surface area contributed by atoms with E-state index in [-0.39, 0.29) is 23.7 Å². The maximum atomic E-state index is 13.2. The van der Waals surface area contributed by atoms with Gasteiger partial charge in [0.15, 0.2) is 0 Å². The third-order valence-corrected chi connectivity index (χ3v) is 5.19. The summed E-state index contributed by atoms with van der Waals surface area (Å²) in [5.74, 6) is -1.71. The molecule has 0 aliphatic carbocycles. The summed E-state index contributed by atoms with van der Waals surface area (Å²) in [7, 11) is 1.53. The van der Waals surface area contributed by atoms with Crippen molar-refractivity contribution in [1.29, 1.82) is 0 Å². The highest BCUT2D eigenvalue weighted by atomic mass is 16.6. The lowest BCUT2D eigenvalue weighted by Gasteiger charge is -2.30. The zero-order valence-corrected chi connectivity index (χ0v) is 15.7. The molecular weight excluding hydrogens is 392 g/mol. The molecule has 0 spiro atoms. The molecule has 2 aromatic carbocycles. The number of nitrogens with one attached hydrogen (secondary N) is 1. The molecule has 2 aliphatic heterocycles. The minimum absolute atomic E-state index is 0.0217. The van der Waals surface area contributed by atoms with Crippen molar-refractivity contribution < 1.29 is 24.4 Å². The van der Waals surface area contributed by atoms with E-state index < -0.39 is 23.0 Å². The standard InChI is InChI=1S/C20H16N4O6/c1-22-15-10-23(13-7-5-11(6-8-13)19(26)27)18(25)16(15)17(21-20(22)28)12-3-2-4-14(9-12)24(29)30/h2-9,17H,10H2,1H3,(H,21,28)(H,26,27)/p-1/t17-/m1/s1. The quantitative estimate of drug-likeness (QED) is 0.592. The first-order chi connectivity index (χ1) is 14.3. The molecule has 2 aliphatic rings. The van der Waals surface area contributed by atoms with E-state index in [9.17, 15) is 29.6 Å². The van der Waals surface area contributed by atoms with Gasteiger partial charge in [-0.15, -0.1) is 0 Å². The molecule has 10 heteroatoms. The van der Waals surface area contributed by atoms with Crippen LogP contribution >= 0.6 is 0 Å². The average molecular weight is 407 g/mol. The number of benzene rings is 2. The number of hydrogen-bond donors (Lipinski definition) is 1. The Kier molecular flexibility index (Phi) is 4.46. The van der Waals surface area contributed by atoms with E-state index in [1.165, 1.54) is 59.3 Å². The third kappa shape index (κ3) is 3.04. The normalized spacial score (nSPS) is 18.4. The minimum atomic E-state index is -1.33. The van der Waals surface area contributed by atoms with E-state index in [1.54, 1.807) is 6.07 Å². The van der Waals surface area contributed by atoms with Crippen molar-refractivity contribution in [3.8, 4) is 0 Å². The van der Waals surface area contributed by atoms with Crippen LogP contribution in [0.3, 0.4) is 0 Å². The monoisotopic (exact) mass is 407 g/mol. The van der Waals surface area contributed by atoms with E-state index in [0.29, 0.717) is 22.5 Å². The minimum Gasteiger partial charge on any atom is -0.545 e. The molecular formula is C20H15N4O6-. The van der Waals surface area contributed by atoms with Crippen LogP contribution in [0.15, 0.2) is 59.8 Å². The third-order valence-electron chi connectivity index (χ3n) is 5.19. The number of nitro benzene ring substituents is 1. The number of nitrogens with zero attached hydrogens (tertiary/aromatic N) is 3. The molecule has 0 fully saturated rings. The Balaban J connectivity index is 1.73. The van der Waals surface area contributed by atoms with Gasteiger partial charge in [0.2, 0.25) is 0 Å². The molecule has 0 radical (unpaired) electrons. The maximum Gasteiger partial charge on any atom is 0.322 e. The van der Waals surface area contributed by atoms with Crippen LogP contribution in [0.4, 0.5) is 16.2 Å². The Morgan fingerprint density at radius 1 is 1.17 bits per heavy atom. The van der Waals surface area contributed by atoms with Crippen LogP contribution in [-0.4, -0.2) is 41.3 Å². The SMILES string of the molecule is CN1C(=O)N[C@H](c2cccc([N+](=O)[O-])c2)C2=C1CN(c1ccc(C(=O)[O-])cc1)C2=O. The van der Waals surface area contributed by atoms with Crippen molar-refractivity contribution in [1.82, 2.24) is 10.2 Å². The number of rotatable bonds is 4. The summed E-state index contributed by atoms with van der Waals surface area (Å²) in [4.78, 5) is 50.0. The summed E-state index contributed by atoms with van der Waals surface area (Å²) >= 11 is 0. The fourth-order valence-corrected chi connectivity index (χ4v) is 3.62. The van der Waals surface area contributed by atoms with Gasteiger partial charge in [-0.2, -0.15) is 0 Å². The van der Waals surface area contributed by atoms with Crippen molar-refractivity contribution >= 4 is 29.3 Å². The number of amides is 3. The lowest BCUT2D eigenvalue weighted by Crippen LogP contribution is -2.45. The number of carbonyl (C=O) groups is 3. The van der Waals surface area contributed by atoms with Gasteiger partial charge < -0.3 is 20.1 Å². The van der Waals surface area contributed by atoms with Gasteiger partial charge in [0.1, 0.15) is 0 Å². The number of hydrogen-bond acceptors (Lipinski definition) is 6. The molecule has 152 valence electrons. The average Bonchev–Trinajstić information content (AvgIpc) is 3.08. The van der Waals surface area contributed by atoms with Gasteiger partial charge >= 0.3 is 6.03 Å². The highest BCUT2D eigenvalue weighted by Gasteiger charge is 2.43. The Labute approximate surface area is 170 Å². The molecule has 0 saturated carbocycles. The fraction of sp³-hybridized carbons (Fsp3) is 0.150. The van der Waals surface area contributed by atoms with Crippen molar-refractivity contribution in [2.75, 3.05) is 18.5 Å². The first-order valence-electron chi connectivity index (χ1n) is 8.93. The molecule has 1 atom stereocenters. The van der Waals surface area contributed by atoms with Gasteiger partial charge in [-0.25, -0.2) is 4.79 Å². The lowest BCUT2D eigenvalue weighted by molar-refractivity contribution is -0.384. The van der Waals surface area contributed by atoms with Crippen LogP contribution in [0.1, 0.15) is 22.0 Å². The van der Waals surface area contributed by atoms with E-state index in [1.807, 2.05) is 0 Å². The zero-order chi connectivity index (χ0) is 21.6. The van der Waals surface area contributed by atoms with Gasteiger partial charge in [-0.3, -0.25) is 19.8 Å². The Morgan fingerprint density at radius 2 is 1.87 bits per heavy atom. The molecule has 2 heterocycles. The van der Waals surface area contributed by atoms with E-state index in [0.717, 1.165) is 0 Å². The number of carboxylic acid groups (broad SMARTS) is 1. The van der Waals surface area contributed by atoms with Gasteiger partial charge in [-0.1, -0.05) is 24.3 Å². The zero-order valence-electron chi connectivity index (χ0n) is 15.7. The summed E-state index contributed by atoms with van der Waals surface area (Å²) in [6.07, 6.45) is 0. The number of carboxylic acids is 1. The maximum absolute atomic E-state index is 13.2. The van der Waals surface area contributed by atoms with E-state index in [4.69, 9.17) is 0 Å². The number of likely N-dealkylation sites (N-methyl/N-ethyl adjacent to an activating group) is 1. The topological polar surface area (TPSA) is 136 Å². The highest BCUT2D eigenvalue weighted by molar-refractivity contribution is 6.11. The number of aromatic carboxylic acids is 1. The Morgan fingerprint density at radius 3 is 2.50 bits per heavy atom. The fourth-order valence-electron chi connectivity index (χ4n) is 3.62. The first kappa shape index (κ1) is 19.1. The van der Waals surface area contributed by atoms with E-state index >= 15 is 0 Å². The molecule has 1 N–H and O–H groups in total. The van der Waals surface area contributed by atoms with Gasteiger partial charge in [0.25, 0.3) is 11.6 Å². The molecule has 0 aromatic heterocycles. The molecule has 0 unspecified atom stereocenters. The number of carbonyl (C=O) groups excluding carboxylic acids is 3. The first-order valence-corrected chi connectivity index (χ1v) is 8.93. The summed E-state index contributed by atoms with van der Waals surface area (Å²) in [5, 5.41) is 24.8. The molecule has 0 bridgehead atoms. The molecule has 0 saturated heterocycles. The number of urea groups is 1. The van der Waals surface area contributed by atoms with Gasteiger partial charge in [0, 0.05) is 24.9 Å². The van der Waals surface area contributed by atoms with Crippen LogP contribution < -0.4 is 15.3 Å². The molecule has 4 rings (SSSR count). The second-order valence-corrected chi connectivity index (χ2v) is 6.88. The Bertz CT molecular complexity index is 1120. The second-order valence-electron chi connectivity index (χ2n) is 6.88. The van der Waals surface area contributed by atoms with Crippen molar-refractivity contribution in [2.24, 2.45) is 0 Å². The summed E-state index contributed by atoms with van der Waals surface area (Å²) in [5.41, 5.74) is 1.49. The Hall–Kier alpha value is -4.21. The molecule has 30 heavy (non-hydrogen) atoms. The summed E-state index contributed by atoms with van der Waals surface area (Å²) in [6, 6.07) is 10.1. The number of anilines is 1. The molecule has 3 amide bonds. The van der Waals surface area contributed by atoms with Crippen molar-refractivity contribution in [2.45, 2.75) is 6.04 Å². The van der Waals surface area contributed by atoms with Crippen LogP contribution in [-0.2, 0) is 4.79 Å². The second kappa shape index (κ2) is 6.99. The van der Waals surface area contributed by atoms with Gasteiger partial charge in [-0.05, 0) is 23.3 Å². The predicted octanol–water partition coefficient (Wildman–Crippen LogP) is 0.955. The largest absolute Gasteiger partial charge is 0.545 e. The van der Waals surface area contributed by atoms with Crippen molar-refractivity contribution in [3.63, 3.8) is 0 Å².